The largest absolute Gasteiger partial charge is 0.356 e. The molecule has 10 nitrogen and oxygen atoms in total. The molecule has 2 amide bonds. The van der Waals surface area contributed by atoms with E-state index in [4.69, 9.17) is 0 Å². The first-order valence-corrected chi connectivity index (χ1v) is 9.65. The highest BCUT2D eigenvalue weighted by molar-refractivity contribution is 5.82. The number of hydrogen-bond donors (Lipinski definition) is 2. The van der Waals surface area contributed by atoms with Crippen molar-refractivity contribution >= 4 is 17.5 Å². The number of pyridine rings is 1. The lowest BCUT2D eigenvalue weighted by Crippen LogP contribution is -2.43. The van der Waals surface area contributed by atoms with Crippen LogP contribution in [0.3, 0.4) is 0 Å². The van der Waals surface area contributed by atoms with E-state index in [0.717, 1.165) is 17.4 Å². The van der Waals surface area contributed by atoms with Gasteiger partial charge in [-0.3, -0.25) is 29.1 Å². The third-order valence-electron chi connectivity index (χ3n) is 5.53. The third kappa shape index (κ3) is 4.62. The molecular weight excluding hydrogens is 378 g/mol. The van der Waals surface area contributed by atoms with Gasteiger partial charge in [0.05, 0.1) is 11.0 Å². The van der Waals surface area contributed by atoms with Gasteiger partial charge >= 0.3 is 11.2 Å². The van der Waals surface area contributed by atoms with Gasteiger partial charge in [-0.2, -0.15) is 5.26 Å². The van der Waals surface area contributed by atoms with Crippen molar-refractivity contribution < 1.29 is 14.5 Å². The van der Waals surface area contributed by atoms with Gasteiger partial charge in [0.2, 0.25) is 11.8 Å². The molecule has 1 saturated carbocycles. The zero-order valence-corrected chi connectivity index (χ0v) is 16.1. The van der Waals surface area contributed by atoms with E-state index >= 15 is 0 Å². The second-order valence-corrected chi connectivity index (χ2v) is 7.71. The molecule has 0 aromatic carbocycles. The highest BCUT2D eigenvalue weighted by Gasteiger charge is 2.35. The summed E-state index contributed by atoms with van der Waals surface area (Å²) in [7, 11) is 0. The van der Waals surface area contributed by atoms with Crippen LogP contribution in [0.1, 0.15) is 43.7 Å². The fourth-order valence-electron chi connectivity index (χ4n) is 3.68. The molecule has 2 N–H and O–H groups in total. The maximum Gasteiger partial charge on any atom is 0.336 e. The topological polar surface area (TPSA) is 147 Å². The lowest BCUT2D eigenvalue weighted by Gasteiger charge is -2.22. The van der Waals surface area contributed by atoms with Gasteiger partial charge in [-0.05, 0) is 38.2 Å². The second kappa shape index (κ2) is 8.43. The van der Waals surface area contributed by atoms with Crippen LogP contribution in [0, 0.1) is 40.2 Å². The van der Waals surface area contributed by atoms with Crippen molar-refractivity contribution in [2.24, 2.45) is 11.8 Å². The summed E-state index contributed by atoms with van der Waals surface area (Å²) in [6, 6.07) is 1.62. The van der Waals surface area contributed by atoms with Gasteiger partial charge in [0.1, 0.15) is 12.1 Å². The molecule has 0 spiro atoms. The van der Waals surface area contributed by atoms with Crippen LogP contribution in [0.25, 0.3) is 0 Å². The molecule has 154 valence electrons. The Morgan fingerprint density at radius 2 is 2.14 bits per heavy atom. The van der Waals surface area contributed by atoms with Crippen LogP contribution < -0.4 is 16.2 Å². The van der Waals surface area contributed by atoms with Crippen LogP contribution in [-0.2, 0) is 9.59 Å². The van der Waals surface area contributed by atoms with Crippen LogP contribution in [0.5, 0.6) is 0 Å². The Balaban J connectivity index is 1.83. The number of nitro groups is 1. The summed E-state index contributed by atoms with van der Waals surface area (Å²) in [6.45, 7) is 2.01. The minimum absolute atomic E-state index is 0.139. The van der Waals surface area contributed by atoms with Crippen molar-refractivity contribution in [1.82, 2.24) is 15.2 Å². The van der Waals surface area contributed by atoms with Gasteiger partial charge in [0.15, 0.2) is 0 Å². The molecule has 1 aliphatic carbocycles. The molecule has 2 fully saturated rings. The van der Waals surface area contributed by atoms with E-state index in [9.17, 15) is 29.8 Å². The molecule has 1 aliphatic heterocycles. The maximum absolute atomic E-state index is 13.0. The maximum atomic E-state index is 13.0. The van der Waals surface area contributed by atoms with Crippen molar-refractivity contribution in [2.75, 3.05) is 6.54 Å². The fourth-order valence-corrected chi connectivity index (χ4v) is 3.68. The van der Waals surface area contributed by atoms with E-state index in [2.05, 4.69) is 10.6 Å². The average molecular weight is 401 g/mol. The summed E-state index contributed by atoms with van der Waals surface area (Å²) in [5.74, 6) is -0.759. The highest BCUT2D eigenvalue weighted by Crippen LogP contribution is 2.37. The van der Waals surface area contributed by atoms with E-state index in [0.29, 0.717) is 19.4 Å². The number of hydrogen-bond acceptors (Lipinski definition) is 6. The van der Waals surface area contributed by atoms with E-state index < -0.39 is 34.2 Å². The number of nitrogens with zero attached hydrogens (tertiary/aromatic N) is 3. The Labute approximate surface area is 167 Å². The minimum Gasteiger partial charge on any atom is -0.356 e. The molecule has 0 radical (unpaired) electrons. The predicted octanol–water partition coefficient (Wildman–Crippen LogP) is 0.941. The Kier molecular flexibility index (Phi) is 5.96. The van der Waals surface area contributed by atoms with Crippen molar-refractivity contribution in [3.63, 3.8) is 0 Å². The Hall–Kier alpha value is -3.22. The van der Waals surface area contributed by atoms with Crippen molar-refractivity contribution in [3.05, 3.63) is 38.3 Å². The summed E-state index contributed by atoms with van der Waals surface area (Å²) >= 11 is 0. The second-order valence-electron chi connectivity index (χ2n) is 7.71. The number of nitrogens with one attached hydrogen (secondary N) is 2. The van der Waals surface area contributed by atoms with Gasteiger partial charge in [-0.25, -0.2) is 0 Å². The molecule has 3 atom stereocenters. The molecule has 2 aliphatic rings. The molecule has 10 heteroatoms. The van der Waals surface area contributed by atoms with Gasteiger partial charge in [0.25, 0.3) is 0 Å². The normalized spacial score (nSPS) is 20.4. The zero-order chi connectivity index (χ0) is 21.1. The molecule has 29 heavy (non-hydrogen) atoms. The molecular formula is C19H23N5O5. The molecule has 2 heterocycles. The first kappa shape index (κ1) is 20.5. The van der Waals surface area contributed by atoms with Crippen LogP contribution >= 0.6 is 0 Å². The molecule has 1 aromatic rings. The minimum atomic E-state index is -0.942. The molecule has 1 aromatic heterocycles. The lowest BCUT2D eigenvalue weighted by atomic mass is 9.98. The van der Waals surface area contributed by atoms with Crippen LogP contribution in [-0.4, -0.2) is 33.9 Å². The number of aryl methyl sites for hydroxylation is 1. The summed E-state index contributed by atoms with van der Waals surface area (Å²) < 4.78 is 1.09. The smallest absolute Gasteiger partial charge is 0.336 e. The lowest BCUT2D eigenvalue weighted by molar-refractivity contribution is -0.387. The zero-order valence-electron chi connectivity index (χ0n) is 16.1. The van der Waals surface area contributed by atoms with E-state index in [-0.39, 0.29) is 29.7 Å². The third-order valence-corrected chi connectivity index (χ3v) is 5.53. The summed E-state index contributed by atoms with van der Waals surface area (Å²) in [4.78, 5) is 47.9. The first-order chi connectivity index (χ1) is 13.8. The number of amides is 2. The van der Waals surface area contributed by atoms with Gasteiger partial charge in [-0.15, -0.1) is 0 Å². The van der Waals surface area contributed by atoms with Crippen molar-refractivity contribution in [2.45, 2.75) is 51.1 Å². The molecule has 1 saturated heterocycles. The van der Waals surface area contributed by atoms with E-state index in [1.54, 1.807) is 0 Å². The monoisotopic (exact) mass is 401 g/mol. The fraction of sp³-hybridized carbons (Fsp3) is 0.579. The Morgan fingerprint density at radius 3 is 2.69 bits per heavy atom. The van der Waals surface area contributed by atoms with Gasteiger partial charge < -0.3 is 10.6 Å². The standard InChI is InChI=1S/C19H23N5O5/c1-11-5-7-23(19(27)16(11)24(28)29)15(8-12-2-3-12)18(26)22-14(10-20)9-13-4-6-21-17(13)25/h5,7,12-15H,2-4,6,8-9H2,1H3,(H,21,25)(H,22,26)/t13-,14-,15?/m0/s1. The quantitative estimate of drug-likeness (QED) is 0.489. The number of carbonyl (C=O) groups excluding carboxylic acids is 2. The summed E-state index contributed by atoms with van der Waals surface area (Å²) in [5, 5.41) is 26.0. The Morgan fingerprint density at radius 1 is 1.41 bits per heavy atom. The van der Waals surface area contributed by atoms with Crippen LogP contribution in [0.2, 0.25) is 0 Å². The number of aromatic nitrogens is 1. The van der Waals surface area contributed by atoms with E-state index in [1.807, 2.05) is 6.07 Å². The Bertz CT molecular complexity index is 930. The van der Waals surface area contributed by atoms with Crippen molar-refractivity contribution in [3.8, 4) is 6.07 Å². The molecule has 0 bridgehead atoms. The average Bonchev–Trinajstić information content (AvgIpc) is 3.40. The number of carbonyl (C=O) groups is 2. The van der Waals surface area contributed by atoms with Crippen molar-refractivity contribution in [1.29, 1.82) is 5.26 Å². The van der Waals surface area contributed by atoms with Crippen LogP contribution in [0.15, 0.2) is 17.1 Å². The SMILES string of the molecule is Cc1ccn(C(CC2CC2)C(=O)N[C@H](C#N)C[C@@H]2CCNC2=O)c(=O)c1[N+](=O)[O-]. The molecule has 1 unspecified atom stereocenters. The predicted molar refractivity (Wildman–Crippen MR) is 102 cm³/mol. The highest BCUT2D eigenvalue weighted by atomic mass is 16.6. The van der Waals surface area contributed by atoms with Gasteiger partial charge in [0, 0.05) is 24.2 Å². The number of nitriles is 1. The van der Waals surface area contributed by atoms with Crippen LogP contribution in [0.4, 0.5) is 5.69 Å². The first-order valence-electron chi connectivity index (χ1n) is 9.65. The summed E-state index contributed by atoms with van der Waals surface area (Å²) in [6.07, 6.45) is 4.40. The van der Waals surface area contributed by atoms with Gasteiger partial charge in [-0.1, -0.05) is 12.8 Å². The van der Waals surface area contributed by atoms with E-state index in [1.165, 1.54) is 19.2 Å². The number of rotatable bonds is 8. The molecule has 3 rings (SSSR count). The summed E-state index contributed by atoms with van der Waals surface area (Å²) in [5.41, 5.74) is -1.16.